The van der Waals surface area contributed by atoms with Crippen LogP contribution in [0.3, 0.4) is 0 Å². The fourth-order valence-electron chi connectivity index (χ4n) is 2.20. The smallest absolute Gasteiger partial charge is 0.138 e. The Balaban J connectivity index is 2.11. The quantitative estimate of drug-likeness (QED) is 0.705. The molecule has 0 radical (unpaired) electrons. The third-order valence-corrected chi connectivity index (χ3v) is 3.33. The van der Waals surface area contributed by atoms with Gasteiger partial charge >= 0.3 is 0 Å². The van der Waals surface area contributed by atoms with E-state index in [0.717, 1.165) is 28.0 Å². The van der Waals surface area contributed by atoms with E-state index in [0.29, 0.717) is 5.69 Å². The number of nitrogen functional groups attached to an aromatic ring is 1. The summed E-state index contributed by atoms with van der Waals surface area (Å²) in [6, 6.07) is 13.8. The maximum atomic E-state index is 6.06. The molecule has 0 amide bonds. The Morgan fingerprint density at radius 2 is 1.85 bits per heavy atom. The molecule has 0 fully saturated rings. The number of ether oxygens (including phenoxy) is 1. The minimum Gasteiger partial charge on any atom is -0.456 e. The molecule has 20 heavy (non-hydrogen) atoms. The van der Waals surface area contributed by atoms with Crippen molar-refractivity contribution in [3.8, 4) is 11.5 Å². The molecular weight excluding hydrogens is 248 g/mol. The predicted molar refractivity (Wildman–Crippen MR) is 82.1 cm³/mol. The number of aromatic nitrogens is 1. The third-order valence-electron chi connectivity index (χ3n) is 3.33. The van der Waals surface area contributed by atoms with E-state index in [1.54, 1.807) is 6.20 Å². The lowest BCUT2D eigenvalue weighted by molar-refractivity contribution is 0.483. The molecule has 0 atom stereocenters. The van der Waals surface area contributed by atoms with Crippen LogP contribution in [0.15, 0.2) is 48.7 Å². The van der Waals surface area contributed by atoms with Crippen molar-refractivity contribution in [2.45, 2.75) is 13.8 Å². The molecule has 0 bridgehead atoms. The maximum absolute atomic E-state index is 6.06. The van der Waals surface area contributed by atoms with Crippen LogP contribution in [0.25, 0.3) is 10.9 Å². The maximum Gasteiger partial charge on any atom is 0.138 e. The topological polar surface area (TPSA) is 48.1 Å². The third kappa shape index (κ3) is 2.18. The molecule has 3 heteroatoms. The first-order valence-corrected chi connectivity index (χ1v) is 6.53. The number of hydrogen-bond donors (Lipinski definition) is 1. The van der Waals surface area contributed by atoms with Crippen molar-refractivity contribution < 1.29 is 4.74 Å². The molecule has 3 aromatic rings. The average molecular weight is 264 g/mol. The van der Waals surface area contributed by atoms with Crippen LogP contribution >= 0.6 is 0 Å². The number of nitrogens with zero attached hydrogens (tertiary/aromatic N) is 1. The lowest BCUT2D eigenvalue weighted by Gasteiger charge is -2.12. The zero-order valence-electron chi connectivity index (χ0n) is 11.6. The Kier molecular flexibility index (Phi) is 3.03. The van der Waals surface area contributed by atoms with Crippen LogP contribution in [0.1, 0.15) is 11.1 Å². The van der Waals surface area contributed by atoms with Gasteiger partial charge in [-0.15, -0.1) is 0 Å². The lowest BCUT2D eigenvalue weighted by atomic mass is 10.1. The number of hydrogen-bond acceptors (Lipinski definition) is 3. The number of para-hydroxylation sites is 1. The van der Waals surface area contributed by atoms with Gasteiger partial charge in [0.05, 0.1) is 11.2 Å². The van der Waals surface area contributed by atoms with Gasteiger partial charge in [0.2, 0.25) is 0 Å². The first kappa shape index (κ1) is 12.5. The molecule has 0 aliphatic rings. The molecule has 3 rings (SSSR count). The van der Waals surface area contributed by atoms with E-state index < -0.39 is 0 Å². The van der Waals surface area contributed by atoms with Crippen LogP contribution in [0.5, 0.6) is 11.5 Å². The summed E-state index contributed by atoms with van der Waals surface area (Å²) in [7, 11) is 0. The molecule has 1 heterocycles. The van der Waals surface area contributed by atoms with Gasteiger partial charge in [-0.05, 0) is 49.2 Å². The second kappa shape index (κ2) is 4.85. The van der Waals surface area contributed by atoms with Crippen LogP contribution in [0.2, 0.25) is 0 Å². The number of fused-ring (bicyclic) bond motifs is 1. The van der Waals surface area contributed by atoms with Gasteiger partial charge in [-0.25, -0.2) is 0 Å². The number of benzene rings is 2. The highest BCUT2D eigenvalue weighted by atomic mass is 16.5. The van der Waals surface area contributed by atoms with E-state index >= 15 is 0 Å². The van der Waals surface area contributed by atoms with Crippen molar-refractivity contribution in [1.29, 1.82) is 0 Å². The molecule has 100 valence electrons. The van der Waals surface area contributed by atoms with E-state index in [-0.39, 0.29) is 0 Å². The second-order valence-corrected chi connectivity index (χ2v) is 4.92. The zero-order valence-corrected chi connectivity index (χ0v) is 11.6. The summed E-state index contributed by atoms with van der Waals surface area (Å²) in [5.41, 5.74) is 9.66. The van der Waals surface area contributed by atoms with Gasteiger partial charge in [-0.1, -0.05) is 18.2 Å². The number of rotatable bonds is 2. The van der Waals surface area contributed by atoms with Crippen molar-refractivity contribution >= 4 is 16.6 Å². The Bertz CT molecular complexity index is 781. The van der Waals surface area contributed by atoms with Gasteiger partial charge in [0.15, 0.2) is 0 Å². The molecule has 0 saturated heterocycles. The minimum absolute atomic E-state index is 0.661. The van der Waals surface area contributed by atoms with Gasteiger partial charge in [-0.2, -0.15) is 0 Å². The molecule has 0 spiro atoms. The minimum atomic E-state index is 0.661. The Morgan fingerprint density at radius 1 is 1.00 bits per heavy atom. The highest BCUT2D eigenvalue weighted by molar-refractivity contribution is 5.93. The summed E-state index contributed by atoms with van der Waals surface area (Å²) in [6.07, 6.45) is 1.72. The van der Waals surface area contributed by atoms with Crippen molar-refractivity contribution in [2.24, 2.45) is 0 Å². The van der Waals surface area contributed by atoms with E-state index in [9.17, 15) is 0 Å². The largest absolute Gasteiger partial charge is 0.456 e. The average Bonchev–Trinajstić information content (AvgIpc) is 2.44. The standard InChI is InChI=1S/C17H16N2O/c1-11-6-7-12(2)16(10-11)20-15-8-9-19-17-13(15)4-3-5-14(17)18/h3-10H,18H2,1-2H3. The lowest BCUT2D eigenvalue weighted by Crippen LogP contribution is -1.93. The van der Waals surface area contributed by atoms with E-state index in [1.165, 1.54) is 5.56 Å². The van der Waals surface area contributed by atoms with E-state index in [4.69, 9.17) is 10.5 Å². The Hall–Kier alpha value is -2.55. The number of anilines is 1. The van der Waals surface area contributed by atoms with Gasteiger partial charge < -0.3 is 10.5 Å². The fraction of sp³-hybridized carbons (Fsp3) is 0.118. The summed E-state index contributed by atoms with van der Waals surface area (Å²) < 4.78 is 6.06. The summed E-state index contributed by atoms with van der Waals surface area (Å²) in [6.45, 7) is 4.08. The SMILES string of the molecule is Cc1ccc(C)c(Oc2ccnc3c(N)cccc23)c1. The van der Waals surface area contributed by atoms with Crippen molar-refractivity contribution in [1.82, 2.24) is 4.98 Å². The number of nitrogens with two attached hydrogens (primary N) is 1. The molecule has 2 N–H and O–H groups in total. The van der Waals surface area contributed by atoms with Crippen LogP contribution in [0.4, 0.5) is 5.69 Å². The highest BCUT2D eigenvalue weighted by Gasteiger charge is 2.08. The second-order valence-electron chi connectivity index (χ2n) is 4.92. The first-order chi connectivity index (χ1) is 9.65. The molecular formula is C17H16N2O. The predicted octanol–water partition coefficient (Wildman–Crippen LogP) is 4.23. The number of pyridine rings is 1. The van der Waals surface area contributed by atoms with Crippen LogP contribution in [-0.4, -0.2) is 4.98 Å². The fourth-order valence-corrected chi connectivity index (χ4v) is 2.20. The van der Waals surface area contributed by atoms with Crippen molar-refractivity contribution in [3.05, 3.63) is 59.8 Å². The van der Waals surface area contributed by atoms with E-state index in [1.807, 2.05) is 37.3 Å². The van der Waals surface area contributed by atoms with Crippen LogP contribution in [-0.2, 0) is 0 Å². The van der Waals surface area contributed by atoms with Crippen LogP contribution < -0.4 is 10.5 Å². The highest BCUT2D eigenvalue weighted by Crippen LogP contribution is 2.32. The van der Waals surface area contributed by atoms with Gasteiger partial charge in [-0.3, -0.25) is 4.98 Å². The van der Waals surface area contributed by atoms with E-state index in [2.05, 4.69) is 24.0 Å². The summed E-state index contributed by atoms with van der Waals surface area (Å²) in [5, 5.41) is 0.924. The number of aryl methyl sites for hydroxylation is 2. The Morgan fingerprint density at radius 3 is 2.70 bits per heavy atom. The van der Waals surface area contributed by atoms with Crippen molar-refractivity contribution in [3.63, 3.8) is 0 Å². The summed E-state index contributed by atoms with van der Waals surface area (Å²) in [5.74, 6) is 1.64. The Labute approximate surface area is 118 Å². The van der Waals surface area contributed by atoms with Gasteiger partial charge in [0, 0.05) is 11.6 Å². The molecule has 0 aliphatic carbocycles. The molecule has 1 aromatic heterocycles. The van der Waals surface area contributed by atoms with Crippen LogP contribution in [0, 0.1) is 13.8 Å². The summed E-state index contributed by atoms with van der Waals surface area (Å²) >= 11 is 0. The molecule has 0 saturated carbocycles. The molecule has 2 aromatic carbocycles. The first-order valence-electron chi connectivity index (χ1n) is 6.53. The monoisotopic (exact) mass is 264 g/mol. The normalized spacial score (nSPS) is 10.7. The molecule has 0 unspecified atom stereocenters. The molecule has 0 aliphatic heterocycles. The zero-order chi connectivity index (χ0) is 14.1. The van der Waals surface area contributed by atoms with Crippen molar-refractivity contribution in [2.75, 3.05) is 5.73 Å². The molecule has 3 nitrogen and oxygen atoms in total. The summed E-state index contributed by atoms with van der Waals surface area (Å²) in [4.78, 5) is 4.32. The van der Waals surface area contributed by atoms with Gasteiger partial charge in [0.1, 0.15) is 11.5 Å². The van der Waals surface area contributed by atoms with Gasteiger partial charge in [0.25, 0.3) is 0 Å².